The van der Waals surface area contributed by atoms with Crippen molar-refractivity contribution in [3.63, 3.8) is 0 Å². The zero-order chi connectivity index (χ0) is 20.4. The molecule has 27 heavy (non-hydrogen) atoms. The number of hydrogen-bond acceptors (Lipinski definition) is 8. The monoisotopic (exact) mass is 399 g/mol. The van der Waals surface area contributed by atoms with Crippen molar-refractivity contribution in [3.05, 3.63) is 18.2 Å². The predicted octanol–water partition coefficient (Wildman–Crippen LogP) is -1.27. The fraction of sp³-hybridized carbons (Fsp3) is 0.562. The molecule has 4 N–H and O–H groups in total. The fourth-order valence-electron chi connectivity index (χ4n) is 2.20. The van der Waals surface area contributed by atoms with E-state index >= 15 is 0 Å². The number of aryl methyl sites for hydroxylation is 1. The number of imidazole rings is 1. The van der Waals surface area contributed by atoms with E-state index in [-0.39, 0.29) is 36.2 Å². The van der Waals surface area contributed by atoms with Crippen LogP contribution >= 0.6 is 11.8 Å². The van der Waals surface area contributed by atoms with Crippen LogP contribution in [0.25, 0.3) is 0 Å². The van der Waals surface area contributed by atoms with E-state index in [0.29, 0.717) is 0 Å². The van der Waals surface area contributed by atoms with Crippen molar-refractivity contribution >= 4 is 34.7 Å². The van der Waals surface area contributed by atoms with Gasteiger partial charge in [-0.15, -0.1) is 0 Å². The molecular weight excluding hydrogens is 374 g/mol. The number of thioether (sulfide) groups is 1. The van der Waals surface area contributed by atoms with Gasteiger partial charge in [-0.2, -0.15) is 0 Å². The summed E-state index contributed by atoms with van der Waals surface area (Å²) in [6.45, 7) is 1.43. The zero-order valence-electron chi connectivity index (χ0n) is 15.6. The van der Waals surface area contributed by atoms with Gasteiger partial charge in [0.15, 0.2) is 0 Å². The van der Waals surface area contributed by atoms with E-state index in [1.165, 1.54) is 14.0 Å². The third kappa shape index (κ3) is 7.79. The van der Waals surface area contributed by atoms with Crippen molar-refractivity contribution in [1.82, 2.24) is 20.2 Å². The number of carbonyl (C=O) groups is 4. The van der Waals surface area contributed by atoms with Gasteiger partial charge in [-0.25, -0.2) is 9.78 Å². The number of amides is 2. The number of nitrogens with two attached hydrogens (primary N) is 1. The van der Waals surface area contributed by atoms with Gasteiger partial charge in [0.1, 0.15) is 12.1 Å². The Kier molecular flexibility index (Phi) is 9.51. The lowest BCUT2D eigenvalue weighted by Crippen LogP contribution is -2.45. The Bertz CT molecular complexity index is 678. The largest absolute Gasteiger partial charge is 0.467 e. The van der Waals surface area contributed by atoms with E-state index in [4.69, 9.17) is 5.73 Å². The number of carbonyl (C=O) groups excluding carboxylic acids is 4. The van der Waals surface area contributed by atoms with E-state index in [1.54, 1.807) is 24.1 Å². The molecule has 1 aromatic rings. The lowest BCUT2D eigenvalue weighted by atomic mass is 10.1. The van der Waals surface area contributed by atoms with Gasteiger partial charge in [-0.3, -0.25) is 14.4 Å². The number of esters is 1. The van der Waals surface area contributed by atoms with Gasteiger partial charge in [0.25, 0.3) is 0 Å². The standard InChI is InChI=1S/C16H25N5O5S/c1-10(22)19-13(15(24)26-3)8-27-16(25)12(20-14(23)4-5-17)6-11-7-18-9-21(11)2/h7,9,12-13H,4-6,8,17H2,1-3H3,(H,19,22)(H,20,23)/t12-,13?/m0/s1. The van der Waals surface area contributed by atoms with Crippen LogP contribution in [0.4, 0.5) is 0 Å². The summed E-state index contributed by atoms with van der Waals surface area (Å²) >= 11 is 0.836. The molecule has 150 valence electrons. The highest BCUT2D eigenvalue weighted by atomic mass is 32.2. The Balaban J connectivity index is 2.81. The van der Waals surface area contributed by atoms with E-state index in [9.17, 15) is 19.2 Å². The normalized spacial score (nSPS) is 12.7. The Morgan fingerprint density at radius 1 is 1.30 bits per heavy atom. The number of methoxy groups -OCH3 is 1. The van der Waals surface area contributed by atoms with Gasteiger partial charge in [-0.1, -0.05) is 11.8 Å². The molecule has 0 aromatic carbocycles. The maximum atomic E-state index is 12.6. The first kappa shape index (κ1) is 22.6. The second-order valence-corrected chi connectivity index (χ2v) is 6.79. The zero-order valence-corrected chi connectivity index (χ0v) is 16.4. The SMILES string of the molecule is COC(=O)C(CSC(=O)[C@H](Cc1cncn1C)NC(=O)CCN)NC(C)=O. The fourth-order valence-corrected chi connectivity index (χ4v) is 3.10. The molecule has 1 unspecified atom stereocenters. The van der Waals surface area contributed by atoms with E-state index in [0.717, 1.165) is 17.5 Å². The molecule has 0 aliphatic carbocycles. The summed E-state index contributed by atoms with van der Waals surface area (Å²) in [4.78, 5) is 51.5. The lowest BCUT2D eigenvalue weighted by Gasteiger charge is -2.19. The topological polar surface area (TPSA) is 145 Å². The molecule has 0 spiro atoms. The summed E-state index contributed by atoms with van der Waals surface area (Å²) in [6, 6.07) is -1.78. The summed E-state index contributed by atoms with van der Waals surface area (Å²) in [5.74, 6) is -1.42. The third-order valence-electron chi connectivity index (χ3n) is 3.58. The first-order chi connectivity index (χ1) is 12.8. The Labute approximate surface area is 161 Å². The summed E-state index contributed by atoms with van der Waals surface area (Å²) in [7, 11) is 2.98. The molecule has 11 heteroatoms. The number of nitrogens with one attached hydrogen (secondary N) is 2. The van der Waals surface area contributed by atoms with Crippen LogP contribution in [0, 0.1) is 0 Å². The molecule has 1 rings (SSSR count). The van der Waals surface area contributed by atoms with Gasteiger partial charge in [0.05, 0.1) is 13.4 Å². The highest BCUT2D eigenvalue weighted by Gasteiger charge is 2.26. The molecule has 2 amide bonds. The van der Waals surface area contributed by atoms with Crippen LogP contribution in [-0.4, -0.2) is 63.9 Å². The average molecular weight is 399 g/mol. The van der Waals surface area contributed by atoms with E-state index in [1.807, 2.05) is 0 Å². The summed E-state index contributed by atoms with van der Waals surface area (Å²) in [6.07, 6.45) is 3.53. The molecule has 2 atom stereocenters. The number of hydrogen-bond donors (Lipinski definition) is 3. The van der Waals surface area contributed by atoms with Crippen LogP contribution in [0.1, 0.15) is 19.0 Å². The van der Waals surface area contributed by atoms with Crippen molar-refractivity contribution in [3.8, 4) is 0 Å². The first-order valence-electron chi connectivity index (χ1n) is 8.24. The smallest absolute Gasteiger partial charge is 0.329 e. The molecule has 10 nitrogen and oxygen atoms in total. The van der Waals surface area contributed by atoms with Crippen molar-refractivity contribution in [2.24, 2.45) is 12.8 Å². The van der Waals surface area contributed by atoms with Crippen LogP contribution in [-0.2, 0) is 37.4 Å². The number of nitrogens with zero attached hydrogens (tertiary/aromatic N) is 2. The van der Waals surface area contributed by atoms with Crippen LogP contribution < -0.4 is 16.4 Å². The van der Waals surface area contributed by atoms with E-state index < -0.39 is 24.0 Å². The van der Waals surface area contributed by atoms with Gasteiger partial charge in [-0.05, 0) is 0 Å². The molecule has 0 bridgehead atoms. The molecular formula is C16H25N5O5S. The summed E-state index contributed by atoms with van der Waals surface area (Å²) in [5, 5.41) is 4.75. The minimum absolute atomic E-state index is 0.0142. The number of rotatable bonds is 10. The predicted molar refractivity (Wildman–Crippen MR) is 99.6 cm³/mol. The van der Waals surface area contributed by atoms with Gasteiger partial charge >= 0.3 is 5.97 Å². The van der Waals surface area contributed by atoms with Gasteiger partial charge in [0, 0.05) is 51.0 Å². The molecule has 0 saturated heterocycles. The van der Waals surface area contributed by atoms with Crippen molar-refractivity contribution in [2.45, 2.75) is 31.8 Å². The van der Waals surface area contributed by atoms with Crippen molar-refractivity contribution in [2.75, 3.05) is 19.4 Å². The minimum Gasteiger partial charge on any atom is -0.467 e. The molecule has 0 aliphatic heterocycles. The Morgan fingerprint density at radius 2 is 2.00 bits per heavy atom. The summed E-state index contributed by atoms with van der Waals surface area (Å²) in [5.41, 5.74) is 6.14. The third-order valence-corrected chi connectivity index (χ3v) is 4.65. The Morgan fingerprint density at radius 3 is 2.52 bits per heavy atom. The molecule has 1 heterocycles. The average Bonchev–Trinajstić information content (AvgIpc) is 3.01. The highest BCUT2D eigenvalue weighted by Crippen LogP contribution is 2.13. The maximum absolute atomic E-state index is 12.6. The van der Waals surface area contributed by atoms with Crippen molar-refractivity contribution < 1.29 is 23.9 Å². The quantitative estimate of drug-likeness (QED) is 0.413. The highest BCUT2D eigenvalue weighted by molar-refractivity contribution is 8.13. The second-order valence-electron chi connectivity index (χ2n) is 5.77. The maximum Gasteiger partial charge on any atom is 0.329 e. The van der Waals surface area contributed by atoms with Crippen LogP contribution in [0.5, 0.6) is 0 Å². The summed E-state index contributed by atoms with van der Waals surface area (Å²) < 4.78 is 6.37. The van der Waals surface area contributed by atoms with E-state index in [2.05, 4.69) is 20.4 Å². The van der Waals surface area contributed by atoms with Crippen LogP contribution in [0.3, 0.4) is 0 Å². The lowest BCUT2D eigenvalue weighted by molar-refractivity contribution is -0.144. The van der Waals surface area contributed by atoms with Gasteiger partial charge in [0.2, 0.25) is 16.9 Å². The molecule has 0 fully saturated rings. The molecule has 0 aliphatic rings. The molecule has 1 aromatic heterocycles. The number of aromatic nitrogens is 2. The minimum atomic E-state index is -0.960. The first-order valence-corrected chi connectivity index (χ1v) is 9.23. The van der Waals surface area contributed by atoms with Crippen LogP contribution in [0.2, 0.25) is 0 Å². The van der Waals surface area contributed by atoms with Crippen LogP contribution in [0.15, 0.2) is 12.5 Å². The Hall–Kier alpha value is -2.40. The number of ether oxygens (including phenoxy) is 1. The van der Waals surface area contributed by atoms with Crippen molar-refractivity contribution in [1.29, 1.82) is 0 Å². The van der Waals surface area contributed by atoms with Gasteiger partial charge < -0.3 is 25.7 Å². The molecule has 0 radical (unpaired) electrons. The molecule has 0 saturated carbocycles. The second kappa shape index (κ2) is 11.3.